The van der Waals surface area contributed by atoms with E-state index >= 15 is 0 Å². The van der Waals surface area contributed by atoms with E-state index in [4.69, 9.17) is 4.74 Å². The molecule has 0 saturated carbocycles. The molecule has 4 nitrogen and oxygen atoms in total. The predicted octanol–water partition coefficient (Wildman–Crippen LogP) is 4.99. The number of amides is 1. The molecule has 1 amide bonds. The topological polar surface area (TPSA) is 55.4 Å². The molecule has 0 bridgehead atoms. The van der Waals surface area contributed by atoms with Gasteiger partial charge in [-0.2, -0.15) is 11.3 Å². The highest BCUT2D eigenvalue weighted by Gasteiger charge is 2.24. The maximum atomic E-state index is 12.8. The van der Waals surface area contributed by atoms with E-state index in [9.17, 15) is 9.59 Å². The fourth-order valence-electron chi connectivity index (χ4n) is 2.43. The van der Waals surface area contributed by atoms with Crippen LogP contribution in [-0.4, -0.2) is 11.9 Å². The number of hydrogen-bond donors (Lipinski definition) is 1. The fraction of sp³-hybridized carbons (Fsp3) is 0.0909. The van der Waals surface area contributed by atoms with Gasteiger partial charge in [-0.25, -0.2) is 4.79 Å². The van der Waals surface area contributed by atoms with Crippen LogP contribution in [0.25, 0.3) is 6.08 Å². The molecule has 3 aromatic rings. The van der Waals surface area contributed by atoms with Gasteiger partial charge in [0.05, 0.1) is 0 Å². The van der Waals surface area contributed by atoms with Crippen molar-refractivity contribution in [3.63, 3.8) is 0 Å². The number of carbonyl (C=O) groups is 2. The summed E-state index contributed by atoms with van der Waals surface area (Å²) in [5.41, 5.74) is 3.27. The minimum Gasteiger partial charge on any atom is -0.444 e. The Morgan fingerprint density at radius 1 is 1.04 bits per heavy atom. The van der Waals surface area contributed by atoms with Crippen LogP contribution in [0.1, 0.15) is 22.8 Å². The number of carbonyl (C=O) groups excluding carboxylic acids is 2. The third kappa shape index (κ3) is 5.39. The van der Waals surface area contributed by atoms with Gasteiger partial charge in [0.2, 0.25) is 6.10 Å². The summed E-state index contributed by atoms with van der Waals surface area (Å²) in [4.78, 5) is 25.0. The summed E-state index contributed by atoms with van der Waals surface area (Å²) in [6, 6.07) is 18.3. The molecule has 1 aromatic heterocycles. The minimum absolute atomic E-state index is 0.401. The highest BCUT2D eigenvalue weighted by Crippen LogP contribution is 2.21. The van der Waals surface area contributed by atoms with Crippen molar-refractivity contribution in [2.75, 3.05) is 5.32 Å². The van der Waals surface area contributed by atoms with Crippen molar-refractivity contribution in [2.45, 2.75) is 13.0 Å². The molecule has 0 radical (unpaired) electrons. The SMILES string of the molecule is Cc1ccc(NC(=O)[C@@H](OC(=O)/C=C/c2ccsc2)c2ccccc2)cc1. The summed E-state index contributed by atoms with van der Waals surface area (Å²) in [5, 5.41) is 6.65. The summed E-state index contributed by atoms with van der Waals surface area (Å²) < 4.78 is 5.46. The third-order valence-electron chi connectivity index (χ3n) is 3.85. The van der Waals surface area contributed by atoms with Gasteiger partial charge in [0.25, 0.3) is 5.91 Å². The van der Waals surface area contributed by atoms with E-state index in [1.807, 2.05) is 54.1 Å². The standard InChI is InChI=1S/C22H19NO3S/c1-16-7-10-19(11-8-16)23-22(25)21(18-5-3-2-4-6-18)26-20(24)12-9-17-13-14-27-15-17/h2-15,21H,1H3,(H,23,25)/b12-9+/t21-/m0/s1. The second kappa shape index (κ2) is 8.96. The van der Waals surface area contributed by atoms with Crippen LogP contribution in [0.3, 0.4) is 0 Å². The molecule has 5 heteroatoms. The Balaban J connectivity index is 1.75. The lowest BCUT2D eigenvalue weighted by Crippen LogP contribution is -2.25. The third-order valence-corrected chi connectivity index (χ3v) is 4.55. The monoisotopic (exact) mass is 377 g/mol. The Bertz CT molecular complexity index is 916. The smallest absolute Gasteiger partial charge is 0.331 e. The van der Waals surface area contributed by atoms with Crippen LogP contribution in [0, 0.1) is 6.92 Å². The number of aryl methyl sites for hydroxylation is 1. The zero-order chi connectivity index (χ0) is 19.1. The Kier molecular flexibility index (Phi) is 6.18. The Hall–Kier alpha value is -3.18. The Morgan fingerprint density at radius 3 is 2.44 bits per heavy atom. The first-order valence-corrected chi connectivity index (χ1v) is 9.39. The van der Waals surface area contributed by atoms with Crippen molar-refractivity contribution in [2.24, 2.45) is 0 Å². The number of ether oxygens (including phenoxy) is 1. The number of esters is 1. The lowest BCUT2D eigenvalue weighted by atomic mass is 10.1. The number of benzene rings is 2. The van der Waals surface area contributed by atoms with Gasteiger partial charge >= 0.3 is 5.97 Å². The maximum Gasteiger partial charge on any atom is 0.331 e. The van der Waals surface area contributed by atoms with Crippen molar-refractivity contribution in [1.29, 1.82) is 0 Å². The molecule has 0 aliphatic rings. The zero-order valence-corrected chi connectivity index (χ0v) is 15.6. The number of rotatable bonds is 6. The van der Waals surface area contributed by atoms with Crippen LogP contribution in [0.2, 0.25) is 0 Å². The average molecular weight is 377 g/mol. The lowest BCUT2D eigenvalue weighted by molar-refractivity contribution is -0.149. The second-order valence-corrected chi connectivity index (χ2v) is 6.75. The summed E-state index contributed by atoms with van der Waals surface area (Å²) >= 11 is 1.54. The van der Waals surface area contributed by atoms with E-state index in [1.54, 1.807) is 41.7 Å². The van der Waals surface area contributed by atoms with Gasteiger partial charge in [-0.05, 0) is 47.5 Å². The predicted molar refractivity (Wildman–Crippen MR) is 108 cm³/mol. The molecular formula is C22H19NO3S. The summed E-state index contributed by atoms with van der Waals surface area (Å²) in [7, 11) is 0. The molecule has 27 heavy (non-hydrogen) atoms. The first-order chi connectivity index (χ1) is 13.1. The van der Waals surface area contributed by atoms with Gasteiger partial charge in [0.15, 0.2) is 0 Å². The molecule has 0 spiro atoms. The Labute approximate surface area is 162 Å². The van der Waals surface area contributed by atoms with Crippen LogP contribution in [-0.2, 0) is 14.3 Å². The first-order valence-electron chi connectivity index (χ1n) is 8.45. The highest BCUT2D eigenvalue weighted by molar-refractivity contribution is 7.08. The average Bonchev–Trinajstić information content (AvgIpc) is 3.20. The van der Waals surface area contributed by atoms with Crippen LogP contribution >= 0.6 is 11.3 Å². The lowest BCUT2D eigenvalue weighted by Gasteiger charge is -2.17. The fourth-order valence-corrected chi connectivity index (χ4v) is 3.06. The largest absolute Gasteiger partial charge is 0.444 e. The molecule has 0 fully saturated rings. The van der Waals surface area contributed by atoms with Crippen molar-refractivity contribution >= 4 is 35.0 Å². The van der Waals surface area contributed by atoms with Crippen LogP contribution in [0.15, 0.2) is 77.5 Å². The molecule has 136 valence electrons. The highest BCUT2D eigenvalue weighted by atomic mass is 32.1. The van der Waals surface area contributed by atoms with Crippen molar-refractivity contribution in [3.05, 3.63) is 94.2 Å². The summed E-state index contributed by atoms with van der Waals surface area (Å²) in [6.07, 6.45) is 1.96. The second-order valence-electron chi connectivity index (χ2n) is 5.97. The molecule has 0 saturated heterocycles. The quantitative estimate of drug-likeness (QED) is 0.486. The van der Waals surface area contributed by atoms with Crippen molar-refractivity contribution in [1.82, 2.24) is 0 Å². The van der Waals surface area contributed by atoms with Crippen LogP contribution in [0.5, 0.6) is 0 Å². The van der Waals surface area contributed by atoms with Gasteiger partial charge in [-0.1, -0.05) is 48.0 Å². The maximum absolute atomic E-state index is 12.8. The van der Waals surface area contributed by atoms with E-state index in [0.717, 1.165) is 11.1 Å². The van der Waals surface area contributed by atoms with E-state index in [1.165, 1.54) is 6.08 Å². The van der Waals surface area contributed by atoms with Gasteiger partial charge in [0.1, 0.15) is 0 Å². The van der Waals surface area contributed by atoms with Crippen LogP contribution in [0.4, 0.5) is 5.69 Å². The number of nitrogens with one attached hydrogen (secondary N) is 1. The number of hydrogen-bond acceptors (Lipinski definition) is 4. The molecular weight excluding hydrogens is 358 g/mol. The summed E-state index contributed by atoms with van der Waals surface area (Å²) in [6.45, 7) is 1.97. The van der Waals surface area contributed by atoms with Gasteiger partial charge in [-0.3, -0.25) is 4.79 Å². The van der Waals surface area contributed by atoms with Gasteiger partial charge in [-0.15, -0.1) is 0 Å². The molecule has 0 aliphatic heterocycles. The Morgan fingerprint density at radius 2 is 1.78 bits per heavy atom. The van der Waals surface area contributed by atoms with E-state index in [2.05, 4.69) is 5.32 Å². The molecule has 1 N–H and O–H groups in total. The first kappa shape index (κ1) is 18.6. The minimum atomic E-state index is -1.04. The number of anilines is 1. The van der Waals surface area contributed by atoms with E-state index in [-0.39, 0.29) is 0 Å². The van der Waals surface area contributed by atoms with Crippen molar-refractivity contribution in [3.8, 4) is 0 Å². The molecule has 3 rings (SSSR count). The molecule has 0 aliphatic carbocycles. The van der Waals surface area contributed by atoms with Gasteiger partial charge in [0, 0.05) is 17.3 Å². The number of thiophene rings is 1. The van der Waals surface area contributed by atoms with Gasteiger partial charge < -0.3 is 10.1 Å². The molecule has 1 heterocycles. The molecule has 1 atom stereocenters. The molecule has 0 unspecified atom stereocenters. The normalized spacial score (nSPS) is 11.9. The van der Waals surface area contributed by atoms with Crippen molar-refractivity contribution < 1.29 is 14.3 Å². The van der Waals surface area contributed by atoms with Crippen LogP contribution < -0.4 is 5.32 Å². The zero-order valence-electron chi connectivity index (χ0n) is 14.8. The van der Waals surface area contributed by atoms with E-state index in [0.29, 0.717) is 11.3 Å². The van der Waals surface area contributed by atoms with E-state index < -0.39 is 18.0 Å². The molecule has 2 aromatic carbocycles. The summed E-state index contributed by atoms with van der Waals surface area (Å²) in [5.74, 6) is -0.976.